The van der Waals surface area contributed by atoms with Crippen molar-refractivity contribution in [2.24, 2.45) is 0 Å². The van der Waals surface area contributed by atoms with Crippen LogP contribution in [0.4, 0.5) is 36.6 Å². The van der Waals surface area contributed by atoms with E-state index in [-0.39, 0.29) is 36.0 Å². The molecule has 22 heteroatoms. The average Bonchev–Trinajstić information content (AvgIpc) is 3.97. The van der Waals surface area contributed by atoms with Crippen molar-refractivity contribution < 1.29 is 43.2 Å². The number of alkyl halides is 6. The molecule has 340 valence electrons. The van der Waals surface area contributed by atoms with Gasteiger partial charge >= 0.3 is 12.4 Å². The monoisotopic (exact) mass is 1000 g/mol. The van der Waals surface area contributed by atoms with Crippen LogP contribution < -0.4 is 9.80 Å². The van der Waals surface area contributed by atoms with E-state index in [0.717, 1.165) is 57.0 Å². The third kappa shape index (κ3) is 10.7. The zero-order valence-corrected chi connectivity index (χ0v) is 38.6. The molecule has 0 radical (unpaired) electrons. The van der Waals surface area contributed by atoms with Crippen molar-refractivity contribution >= 4 is 76.2 Å². The molecule has 4 heterocycles. The number of thiazole rings is 2. The summed E-state index contributed by atoms with van der Waals surface area (Å²) < 4.78 is 132. The van der Waals surface area contributed by atoms with Crippen molar-refractivity contribution in [3.63, 3.8) is 0 Å². The van der Waals surface area contributed by atoms with E-state index in [1.807, 2.05) is 32.7 Å². The van der Waals surface area contributed by atoms with Crippen LogP contribution in [0.2, 0.25) is 10.0 Å². The van der Waals surface area contributed by atoms with E-state index in [1.165, 1.54) is 54.5 Å². The predicted molar refractivity (Wildman–Crippen MR) is 239 cm³/mol. The lowest BCUT2D eigenvalue weighted by atomic mass is 10.1. The van der Waals surface area contributed by atoms with Crippen LogP contribution in [0.1, 0.15) is 22.3 Å². The Morgan fingerprint density at radius 3 is 1.36 bits per heavy atom. The highest BCUT2D eigenvalue weighted by Gasteiger charge is 2.36. The SMILES string of the molecule is Cc1ccc(-c2csc(N3CCN(S(=O)(=O)c4cccc(C(F)(F)F)c4)CC3)n2)cc1C.O=S(=O)(c1cccc(C(F)(F)F)c1)N1CCN(c2nc(-c3ccc(Cl)c(Cl)c3)cs2)CC1. The first-order valence-electron chi connectivity index (χ1n) is 19.4. The highest BCUT2D eigenvalue weighted by molar-refractivity contribution is 7.89. The quantitative estimate of drug-likeness (QED) is 0.139. The van der Waals surface area contributed by atoms with Gasteiger partial charge in [-0.15, -0.1) is 22.7 Å². The molecule has 2 aliphatic rings. The molecule has 0 unspecified atom stereocenters. The summed E-state index contributed by atoms with van der Waals surface area (Å²) in [7, 11) is -8.04. The number of rotatable bonds is 8. The second-order valence-corrected chi connectivity index (χ2v) is 21.2. The smallest absolute Gasteiger partial charge is 0.345 e. The van der Waals surface area contributed by atoms with Crippen LogP contribution in [0.15, 0.2) is 105 Å². The Morgan fingerprint density at radius 1 is 0.531 bits per heavy atom. The number of aromatic nitrogens is 2. The van der Waals surface area contributed by atoms with E-state index >= 15 is 0 Å². The predicted octanol–water partition coefficient (Wildman–Crippen LogP) is 10.6. The zero-order chi connectivity index (χ0) is 46.2. The van der Waals surface area contributed by atoms with Gasteiger partial charge in [-0.3, -0.25) is 0 Å². The maximum absolute atomic E-state index is 13.0. The minimum Gasteiger partial charge on any atom is -0.345 e. The van der Waals surface area contributed by atoms with Crippen molar-refractivity contribution in [3.8, 4) is 22.5 Å². The molecule has 0 atom stereocenters. The maximum Gasteiger partial charge on any atom is 0.416 e. The van der Waals surface area contributed by atoms with E-state index in [4.69, 9.17) is 28.2 Å². The summed E-state index contributed by atoms with van der Waals surface area (Å²) in [6.45, 7) is 6.30. The topological polar surface area (TPSA) is 107 Å². The normalized spacial score (nSPS) is 15.8. The number of hydrogen-bond acceptors (Lipinski definition) is 10. The summed E-state index contributed by atoms with van der Waals surface area (Å²) >= 11 is 14.9. The molecule has 64 heavy (non-hydrogen) atoms. The molecule has 0 bridgehead atoms. The molecule has 6 aromatic rings. The number of benzene rings is 4. The molecule has 8 rings (SSSR count). The summed E-state index contributed by atoms with van der Waals surface area (Å²) in [5.74, 6) is 0. The molecule has 2 fully saturated rings. The van der Waals surface area contributed by atoms with Crippen molar-refractivity contribution in [3.05, 3.63) is 128 Å². The van der Waals surface area contributed by atoms with Gasteiger partial charge in [0, 0.05) is 74.2 Å². The first kappa shape index (κ1) is 47.7. The van der Waals surface area contributed by atoms with Gasteiger partial charge in [-0.05, 0) is 79.6 Å². The van der Waals surface area contributed by atoms with Gasteiger partial charge in [0.25, 0.3) is 0 Å². The van der Waals surface area contributed by atoms with Gasteiger partial charge in [-0.1, -0.05) is 53.5 Å². The van der Waals surface area contributed by atoms with Crippen LogP contribution >= 0.6 is 45.9 Å². The van der Waals surface area contributed by atoms with Crippen molar-refractivity contribution in [2.75, 3.05) is 62.2 Å². The number of nitrogens with zero attached hydrogens (tertiary/aromatic N) is 6. The van der Waals surface area contributed by atoms with Gasteiger partial charge in [-0.25, -0.2) is 26.8 Å². The maximum atomic E-state index is 13.0. The van der Waals surface area contributed by atoms with Crippen molar-refractivity contribution in [2.45, 2.75) is 36.0 Å². The number of sulfonamides is 2. The van der Waals surface area contributed by atoms with Crippen molar-refractivity contribution in [1.82, 2.24) is 18.6 Å². The largest absolute Gasteiger partial charge is 0.416 e. The van der Waals surface area contributed by atoms with Gasteiger partial charge in [0.1, 0.15) is 0 Å². The minimum absolute atomic E-state index is 0.139. The third-order valence-electron chi connectivity index (χ3n) is 10.6. The van der Waals surface area contributed by atoms with E-state index in [0.29, 0.717) is 48.4 Å². The standard InChI is InChI=1S/C22H22F3N3O2S2.C20H16Cl2F3N3O2S2/c1-15-6-7-17(12-16(15)2)20-14-31-21(26-20)27-8-10-28(11-9-27)32(29,30)19-5-3-4-18(13-19)22(23,24)25;21-16-5-4-13(10-17(16)22)18-12-31-19(26-18)27-6-8-28(9-7-27)32(29,30)15-3-1-2-14(11-15)20(23,24)25/h3-7,12-14H,8-11H2,1-2H3;1-5,10-12H,6-9H2. The lowest BCUT2D eigenvalue weighted by molar-refractivity contribution is -0.138. The fourth-order valence-corrected chi connectivity index (χ4v) is 11.9. The van der Waals surface area contributed by atoms with Crippen LogP contribution in [-0.2, 0) is 32.4 Å². The third-order valence-corrected chi connectivity index (χ3v) is 16.9. The Balaban J connectivity index is 0.000000191. The molecule has 2 aromatic heterocycles. The Morgan fingerprint density at radius 2 is 0.953 bits per heavy atom. The second-order valence-electron chi connectivity index (χ2n) is 14.8. The highest BCUT2D eigenvalue weighted by atomic mass is 35.5. The van der Waals surface area contributed by atoms with E-state index in [2.05, 4.69) is 31.0 Å². The molecule has 2 saturated heterocycles. The average molecular weight is 1000 g/mol. The van der Waals surface area contributed by atoms with Crippen LogP contribution in [0.25, 0.3) is 22.5 Å². The van der Waals surface area contributed by atoms with Crippen LogP contribution in [-0.4, -0.2) is 87.8 Å². The molecule has 10 nitrogen and oxygen atoms in total. The Kier molecular flexibility index (Phi) is 14.1. The van der Waals surface area contributed by atoms with Gasteiger partial charge in [0.05, 0.1) is 42.4 Å². The summed E-state index contributed by atoms with van der Waals surface area (Å²) in [6, 6.07) is 19.1. The minimum atomic E-state index is -4.61. The Bertz CT molecular complexity index is 2670. The van der Waals surface area contributed by atoms with Gasteiger partial charge in [-0.2, -0.15) is 35.0 Å². The summed E-state index contributed by atoms with van der Waals surface area (Å²) in [5, 5.41) is 6.25. The van der Waals surface area contributed by atoms with E-state index < -0.39 is 43.5 Å². The van der Waals surface area contributed by atoms with Gasteiger partial charge in [0.2, 0.25) is 20.0 Å². The highest BCUT2D eigenvalue weighted by Crippen LogP contribution is 2.36. The number of halogens is 8. The van der Waals surface area contributed by atoms with Crippen LogP contribution in [0.5, 0.6) is 0 Å². The number of hydrogen-bond donors (Lipinski definition) is 0. The number of anilines is 2. The summed E-state index contributed by atoms with van der Waals surface area (Å²) in [6.07, 6.45) is -9.20. The molecule has 0 aliphatic carbocycles. The van der Waals surface area contributed by atoms with Gasteiger partial charge < -0.3 is 9.80 Å². The molecule has 0 saturated carbocycles. The Hall–Kier alpha value is -4.28. The van der Waals surface area contributed by atoms with E-state index in [9.17, 15) is 43.2 Å². The summed E-state index contributed by atoms with van der Waals surface area (Å²) in [5.41, 5.74) is 3.87. The number of aryl methyl sites for hydroxylation is 2. The summed E-state index contributed by atoms with van der Waals surface area (Å²) in [4.78, 5) is 12.6. The zero-order valence-electron chi connectivity index (χ0n) is 33.9. The first-order chi connectivity index (χ1) is 30.1. The Labute approximate surface area is 384 Å². The molecule has 4 aromatic carbocycles. The van der Waals surface area contributed by atoms with E-state index in [1.54, 1.807) is 12.1 Å². The number of piperazine rings is 2. The molecule has 0 amide bonds. The van der Waals surface area contributed by atoms with Gasteiger partial charge in [0.15, 0.2) is 10.3 Å². The fourth-order valence-electron chi connectivity index (χ4n) is 6.84. The van der Waals surface area contributed by atoms with Crippen LogP contribution in [0.3, 0.4) is 0 Å². The fraction of sp³-hybridized carbons (Fsp3) is 0.286. The molecule has 0 N–H and O–H groups in total. The van der Waals surface area contributed by atoms with Crippen LogP contribution in [0, 0.1) is 13.8 Å². The molecule has 2 aliphatic heterocycles. The van der Waals surface area contributed by atoms with Crippen molar-refractivity contribution in [1.29, 1.82) is 0 Å². The molecule has 0 spiro atoms. The molecular formula is C42H38Cl2F6N6O4S4. The molecular weight excluding hydrogens is 966 g/mol. The second kappa shape index (κ2) is 18.9. The lowest BCUT2D eigenvalue weighted by Gasteiger charge is -2.33. The first-order valence-corrected chi connectivity index (χ1v) is 24.8. The lowest BCUT2D eigenvalue weighted by Crippen LogP contribution is -2.48.